The van der Waals surface area contributed by atoms with Crippen LogP contribution in [0.25, 0.3) is 0 Å². The van der Waals surface area contributed by atoms with E-state index in [0.29, 0.717) is 24.7 Å². The molecular weight excluding hydrogens is 274 g/mol. The van der Waals surface area contributed by atoms with Crippen molar-refractivity contribution in [3.63, 3.8) is 0 Å². The molecule has 0 heterocycles. The first-order chi connectivity index (χ1) is 9.93. The summed E-state index contributed by atoms with van der Waals surface area (Å²) in [4.78, 5) is 22.3. The minimum Gasteiger partial charge on any atom is -0.460 e. The maximum absolute atomic E-state index is 11.3. The molecule has 1 N–H and O–H groups in total. The quantitative estimate of drug-likeness (QED) is 0.360. The fourth-order valence-electron chi connectivity index (χ4n) is 1.26. The highest BCUT2D eigenvalue weighted by atomic mass is 16.6. The van der Waals surface area contributed by atoms with E-state index in [9.17, 15) is 9.59 Å². The van der Waals surface area contributed by atoms with Crippen molar-refractivity contribution in [2.45, 2.75) is 33.6 Å². The normalized spacial score (nSPS) is 10.3. The third-order valence-corrected chi connectivity index (χ3v) is 2.32. The molecule has 0 bridgehead atoms. The Morgan fingerprint density at radius 1 is 1.10 bits per heavy atom. The number of rotatable bonds is 11. The van der Waals surface area contributed by atoms with E-state index in [1.807, 2.05) is 0 Å². The molecule has 0 saturated carbocycles. The van der Waals surface area contributed by atoms with Crippen molar-refractivity contribution in [3.05, 3.63) is 12.2 Å². The topological polar surface area (TPSA) is 73.9 Å². The Bertz CT molecular complexity index is 328. The van der Waals surface area contributed by atoms with Crippen molar-refractivity contribution >= 4 is 12.1 Å². The summed E-state index contributed by atoms with van der Waals surface area (Å²) in [5, 5.41) is 2.49. The summed E-state index contributed by atoms with van der Waals surface area (Å²) < 4.78 is 15.2. The molecule has 0 fully saturated rings. The summed E-state index contributed by atoms with van der Waals surface area (Å²) in [6.45, 7) is 11.3. The van der Waals surface area contributed by atoms with Gasteiger partial charge in [0, 0.05) is 18.8 Å². The van der Waals surface area contributed by atoms with Gasteiger partial charge in [-0.1, -0.05) is 20.4 Å². The lowest BCUT2D eigenvalue weighted by Crippen LogP contribution is -2.29. The highest BCUT2D eigenvalue weighted by Gasteiger charge is 2.04. The first-order valence-electron chi connectivity index (χ1n) is 7.24. The predicted octanol–water partition coefficient (Wildman–Crippen LogP) is 2.28. The second-order valence-corrected chi connectivity index (χ2v) is 5.15. The Morgan fingerprint density at radius 2 is 1.76 bits per heavy atom. The lowest BCUT2D eigenvalue weighted by atomic mass is 10.2. The van der Waals surface area contributed by atoms with Gasteiger partial charge in [-0.15, -0.1) is 0 Å². The standard InChI is InChI=1S/C15H27NO5/c1-12(2)11-19-8-5-6-9-21-15(18)16-7-10-20-14(17)13(3)4/h12H,3,5-11H2,1-2,4H3,(H,16,18). The van der Waals surface area contributed by atoms with Crippen molar-refractivity contribution in [2.75, 3.05) is 33.0 Å². The van der Waals surface area contributed by atoms with Crippen LogP contribution in [0.3, 0.4) is 0 Å². The molecule has 0 rings (SSSR count). The Kier molecular flexibility index (Phi) is 11.3. The maximum atomic E-state index is 11.3. The van der Waals surface area contributed by atoms with Gasteiger partial charge in [-0.2, -0.15) is 0 Å². The fourth-order valence-corrected chi connectivity index (χ4v) is 1.26. The highest BCUT2D eigenvalue weighted by molar-refractivity contribution is 5.86. The van der Waals surface area contributed by atoms with Crippen LogP contribution in [0, 0.1) is 5.92 Å². The number of hydrogen-bond donors (Lipinski definition) is 1. The van der Waals surface area contributed by atoms with Gasteiger partial charge in [-0.25, -0.2) is 9.59 Å². The summed E-state index contributed by atoms with van der Waals surface area (Å²) in [5.41, 5.74) is 0.331. The number of carbonyl (C=O) groups excluding carboxylic acids is 2. The van der Waals surface area contributed by atoms with E-state index in [1.165, 1.54) is 0 Å². The molecule has 0 aliphatic carbocycles. The molecule has 0 aromatic rings. The molecule has 0 atom stereocenters. The number of carbonyl (C=O) groups is 2. The largest absolute Gasteiger partial charge is 0.460 e. The summed E-state index contributed by atoms with van der Waals surface area (Å²) in [6, 6.07) is 0. The van der Waals surface area contributed by atoms with Crippen LogP contribution < -0.4 is 5.32 Å². The predicted molar refractivity (Wildman–Crippen MR) is 80.0 cm³/mol. The third kappa shape index (κ3) is 13.2. The van der Waals surface area contributed by atoms with Crippen molar-refractivity contribution in [1.82, 2.24) is 5.32 Å². The summed E-state index contributed by atoms with van der Waals surface area (Å²) >= 11 is 0. The van der Waals surface area contributed by atoms with E-state index < -0.39 is 12.1 Å². The second kappa shape index (κ2) is 12.2. The lowest BCUT2D eigenvalue weighted by molar-refractivity contribution is -0.138. The minimum absolute atomic E-state index is 0.101. The molecule has 0 saturated heterocycles. The number of alkyl carbamates (subject to hydrolysis) is 1. The van der Waals surface area contributed by atoms with E-state index >= 15 is 0 Å². The Balaban J connectivity index is 3.35. The Labute approximate surface area is 126 Å². The second-order valence-electron chi connectivity index (χ2n) is 5.15. The molecule has 21 heavy (non-hydrogen) atoms. The first-order valence-corrected chi connectivity index (χ1v) is 7.24. The van der Waals surface area contributed by atoms with Gasteiger partial charge in [-0.05, 0) is 25.7 Å². The summed E-state index contributed by atoms with van der Waals surface area (Å²) in [7, 11) is 0. The molecule has 0 aromatic heterocycles. The molecule has 1 amide bonds. The van der Waals surface area contributed by atoms with E-state index in [4.69, 9.17) is 14.2 Å². The Hall–Kier alpha value is -1.56. The minimum atomic E-state index is -0.510. The van der Waals surface area contributed by atoms with Gasteiger partial charge >= 0.3 is 12.1 Å². The molecule has 0 aliphatic heterocycles. The van der Waals surface area contributed by atoms with Gasteiger partial charge in [0.15, 0.2) is 0 Å². The zero-order valence-electron chi connectivity index (χ0n) is 13.3. The van der Waals surface area contributed by atoms with Crippen molar-refractivity contribution in [1.29, 1.82) is 0 Å². The zero-order valence-corrected chi connectivity index (χ0v) is 13.3. The third-order valence-electron chi connectivity index (χ3n) is 2.32. The molecule has 0 unspecified atom stereocenters. The number of hydrogen-bond acceptors (Lipinski definition) is 5. The number of amides is 1. The number of nitrogens with one attached hydrogen (secondary N) is 1. The van der Waals surface area contributed by atoms with Gasteiger partial charge in [0.05, 0.1) is 13.2 Å². The van der Waals surface area contributed by atoms with Gasteiger partial charge in [0.25, 0.3) is 0 Å². The molecule has 6 nitrogen and oxygen atoms in total. The molecular formula is C15H27NO5. The van der Waals surface area contributed by atoms with Gasteiger partial charge in [-0.3, -0.25) is 0 Å². The van der Waals surface area contributed by atoms with Crippen LogP contribution in [-0.4, -0.2) is 45.0 Å². The SMILES string of the molecule is C=C(C)C(=O)OCCNC(=O)OCCCCOCC(C)C. The Morgan fingerprint density at radius 3 is 2.38 bits per heavy atom. The fraction of sp³-hybridized carbons (Fsp3) is 0.733. The number of ether oxygens (including phenoxy) is 3. The number of esters is 1. The van der Waals surface area contributed by atoms with E-state index in [1.54, 1.807) is 6.92 Å². The zero-order chi connectivity index (χ0) is 16.1. The molecule has 0 aromatic carbocycles. The molecule has 122 valence electrons. The summed E-state index contributed by atoms with van der Waals surface area (Å²) in [6.07, 6.45) is 1.11. The van der Waals surface area contributed by atoms with Gasteiger partial charge in [0.2, 0.25) is 0 Å². The smallest absolute Gasteiger partial charge is 0.407 e. The summed E-state index contributed by atoms with van der Waals surface area (Å²) in [5.74, 6) is 0.0672. The van der Waals surface area contributed by atoms with Crippen LogP contribution in [0.2, 0.25) is 0 Å². The number of unbranched alkanes of at least 4 members (excludes halogenated alkanes) is 1. The average Bonchev–Trinajstić information content (AvgIpc) is 2.41. The molecule has 6 heteroatoms. The van der Waals surface area contributed by atoms with E-state index in [0.717, 1.165) is 19.4 Å². The van der Waals surface area contributed by atoms with Gasteiger partial charge < -0.3 is 19.5 Å². The average molecular weight is 301 g/mol. The molecule has 0 spiro atoms. The van der Waals surface area contributed by atoms with Crippen LogP contribution in [0.15, 0.2) is 12.2 Å². The molecule has 0 aliphatic rings. The van der Waals surface area contributed by atoms with Crippen LogP contribution in [0.5, 0.6) is 0 Å². The molecule has 0 radical (unpaired) electrons. The highest BCUT2D eigenvalue weighted by Crippen LogP contribution is 1.96. The first kappa shape index (κ1) is 19.4. The monoisotopic (exact) mass is 301 g/mol. The maximum Gasteiger partial charge on any atom is 0.407 e. The lowest BCUT2D eigenvalue weighted by Gasteiger charge is -2.08. The van der Waals surface area contributed by atoms with Gasteiger partial charge in [0.1, 0.15) is 6.61 Å². The van der Waals surface area contributed by atoms with Crippen LogP contribution in [0.1, 0.15) is 33.6 Å². The van der Waals surface area contributed by atoms with Crippen LogP contribution >= 0.6 is 0 Å². The van der Waals surface area contributed by atoms with E-state index in [-0.39, 0.29) is 13.2 Å². The van der Waals surface area contributed by atoms with Crippen molar-refractivity contribution in [3.8, 4) is 0 Å². The van der Waals surface area contributed by atoms with Crippen molar-refractivity contribution in [2.24, 2.45) is 5.92 Å². The van der Waals surface area contributed by atoms with E-state index in [2.05, 4.69) is 25.7 Å². The van der Waals surface area contributed by atoms with Crippen LogP contribution in [0.4, 0.5) is 4.79 Å². The van der Waals surface area contributed by atoms with Crippen LogP contribution in [-0.2, 0) is 19.0 Å². The van der Waals surface area contributed by atoms with Crippen molar-refractivity contribution < 1.29 is 23.8 Å².